The maximum absolute atomic E-state index is 12.6. The number of nitrogens with zero attached hydrogens (tertiary/aromatic N) is 1. The maximum atomic E-state index is 12.6. The van der Waals surface area contributed by atoms with Crippen LogP contribution < -0.4 is 9.47 Å². The third-order valence-electron chi connectivity index (χ3n) is 4.78. The predicted molar refractivity (Wildman–Crippen MR) is 115 cm³/mol. The Morgan fingerprint density at radius 3 is 2.34 bits per heavy atom. The van der Waals surface area contributed by atoms with Crippen molar-refractivity contribution in [3.8, 4) is 22.6 Å². The summed E-state index contributed by atoms with van der Waals surface area (Å²) >= 11 is 0. The third kappa shape index (κ3) is 4.11. The Bertz CT molecular complexity index is 1150. The number of carbonyl (C=O) groups is 1. The first-order chi connectivity index (χ1) is 14.1. The molecule has 0 unspecified atom stereocenters. The molecule has 0 aliphatic carbocycles. The molecule has 0 atom stereocenters. The van der Waals surface area contributed by atoms with Crippen LogP contribution in [0.4, 0.5) is 0 Å². The monoisotopic (exact) mass is 383 g/mol. The topological polar surface area (TPSA) is 48.4 Å². The largest absolute Gasteiger partial charge is 0.497 e. The maximum Gasteiger partial charge on any atom is 0.200 e. The lowest BCUT2D eigenvalue weighted by molar-refractivity contribution is 0.0922. The van der Waals surface area contributed by atoms with E-state index in [0.29, 0.717) is 11.3 Å². The van der Waals surface area contributed by atoms with Gasteiger partial charge in [0.05, 0.1) is 12.6 Å². The Labute approximate surface area is 169 Å². The van der Waals surface area contributed by atoms with E-state index >= 15 is 0 Å². The molecule has 0 amide bonds. The van der Waals surface area contributed by atoms with E-state index in [0.717, 1.165) is 33.5 Å². The van der Waals surface area contributed by atoms with Crippen molar-refractivity contribution < 1.29 is 14.3 Å². The van der Waals surface area contributed by atoms with Gasteiger partial charge in [0.25, 0.3) is 0 Å². The van der Waals surface area contributed by atoms with Gasteiger partial charge in [0.2, 0.25) is 0 Å². The summed E-state index contributed by atoms with van der Waals surface area (Å²) in [6, 6.07) is 25.1. The van der Waals surface area contributed by atoms with Crippen molar-refractivity contribution in [2.45, 2.75) is 6.92 Å². The molecule has 0 saturated heterocycles. The summed E-state index contributed by atoms with van der Waals surface area (Å²) in [6.45, 7) is 1.86. The van der Waals surface area contributed by atoms with Gasteiger partial charge in [0.15, 0.2) is 12.4 Å². The second-order valence-electron chi connectivity index (χ2n) is 6.80. The zero-order chi connectivity index (χ0) is 20.2. The number of Topliss-reactive ketones (excluding diaryl/α,β-unsaturated/α-hetero) is 1. The third-order valence-corrected chi connectivity index (χ3v) is 4.78. The van der Waals surface area contributed by atoms with E-state index in [2.05, 4.69) is 4.98 Å². The zero-order valence-corrected chi connectivity index (χ0v) is 16.4. The fourth-order valence-electron chi connectivity index (χ4n) is 3.25. The molecule has 4 aromatic rings. The zero-order valence-electron chi connectivity index (χ0n) is 16.4. The van der Waals surface area contributed by atoms with Crippen molar-refractivity contribution in [3.63, 3.8) is 0 Å². The molecule has 4 rings (SSSR count). The lowest BCUT2D eigenvalue weighted by Gasteiger charge is -2.11. The molecular formula is C25H21NO3. The number of hydrogen-bond acceptors (Lipinski definition) is 4. The van der Waals surface area contributed by atoms with Crippen molar-refractivity contribution in [3.05, 3.63) is 90.1 Å². The van der Waals surface area contributed by atoms with Gasteiger partial charge in [0, 0.05) is 22.7 Å². The molecule has 0 N–H and O–H groups in total. The molecule has 0 aliphatic heterocycles. The minimum atomic E-state index is -0.0740. The molecule has 0 saturated carbocycles. The molecule has 4 nitrogen and oxygen atoms in total. The number of aryl methyl sites for hydroxylation is 1. The SMILES string of the molecule is COc1ccc2nc(C)cc(OCC(=O)c3ccc(-c4ccccc4)cc3)c2c1. The van der Waals surface area contributed by atoms with Gasteiger partial charge in [-0.05, 0) is 36.2 Å². The highest BCUT2D eigenvalue weighted by atomic mass is 16.5. The van der Waals surface area contributed by atoms with E-state index in [4.69, 9.17) is 9.47 Å². The summed E-state index contributed by atoms with van der Waals surface area (Å²) in [7, 11) is 1.62. The predicted octanol–water partition coefficient (Wildman–Crippen LogP) is 5.48. The van der Waals surface area contributed by atoms with Crippen LogP contribution in [0.15, 0.2) is 78.9 Å². The molecule has 0 bridgehead atoms. The summed E-state index contributed by atoms with van der Waals surface area (Å²) < 4.78 is 11.2. The van der Waals surface area contributed by atoms with Gasteiger partial charge in [-0.2, -0.15) is 0 Å². The first-order valence-corrected chi connectivity index (χ1v) is 9.41. The normalized spacial score (nSPS) is 10.7. The highest BCUT2D eigenvalue weighted by molar-refractivity contribution is 5.98. The molecule has 1 heterocycles. The van der Waals surface area contributed by atoms with Crippen LogP contribution in [-0.4, -0.2) is 24.5 Å². The number of aromatic nitrogens is 1. The lowest BCUT2D eigenvalue weighted by Crippen LogP contribution is -2.12. The number of ketones is 1. The molecule has 3 aromatic carbocycles. The fourth-order valence-corrected chi connectivity index (χ4v) is 3.25. The first kappa shape index (κ1) is 18.7. The summed E-state index contributed by atoms with van der Waals surface area (Å²) in [5.41, 5.74) is 4.46. The Hall–Kier alpha value is -3.66. The number of benzene rings is 3. The lowest BCUT2D eigenvalue weighted by atomic mass is 10.0. The Kier molecular flexibility index (Phi) is 5.25. The Morgan fingerprint density at radius 2 is 1.62 bits per heavy atom. The van der Waals surface area contributed by atoms with Gasteiger partial charge in [-0.1, -0.05) is 54.6 Å². The second kappa shape index (κ2) is 8.15. The van der Waals surface area contributed by atoms with Crippen molar-refractivity contribution in [1.82, 2.24) is 4.98 Å². The van der Waals surface area contributed by atoms with Crippen LogP contribution in [0, 0.1) is 6.92 Å². The van der Waals surface area contributed by atoms with Crippen molar-refractivity contribution in [2.24, 2.45) is 0 Å². The molecule has 144 valence electrons. The van der Waals surface area contributed by atoms with Crippen molar-refractivity contribution in [1.29, 1.82) is 0 Å². The number of fused-ring (bicyclic) bond motifs is 1. The van der Waals surface area contributed by atoms with E-state index < -0.39 is 0 Å². The van der Waals surface area contributed by atoms with Gasteiger partial charge in [-0.15, -0.1) is 0 Å². The number of pyridine rings is 1. The number of carbonyl (C=O) groups excluding carboxylic acids is 1. The van der Waals surface area contributed by atoms with E-state index in [9.17, 15) is 4.79 Å². The molecule has 1 aromatic heterocycles. The van der Waals surface area contributed by atoms with Gasteiger partial charge < -0.3 is 9.47 Å². The van der Waals surface area contributed by atoms with Crippen LogP contribution in [0.1, 0.15) is 16.1 Å². The van der Waals surface area contributed by atoms with Crippen LogP contribution in [0.5, 0.6) is 11.5 Å². The average molecular weight is 383 g/mol. The summed E-state index contributed by atoms with van der Waals surface area (Å²) in [4.78, 5) is 17.2. The average Bonchev–Trinajstić information content (AvgIpc) is 2.77. The number of rotatable bonds is 6. The first-order valence-electron chi connectivity index (χ1n) is 9.41. The minimum absolute atomic E-state index is 0.0412. The minimum Gasteiger partial charge on any atom is -0.497 e. The highest BCUT2D eigenvalue weighted by Crippen LogP contribution is 2.29. The van der Waals surface area contributed by atoms with Crippen LogP contribution in [0.3, 0.4) is 0 Å². The van der Waals surface area contributed by atoms with Crippen LogP contribution >= 0.6 is 0 Å². The van der Waals surface area contributed by atoms with Crippen molar-refractivity contribution >= 4 is 16.7 Å². The Morgan fingerprint density at radius 1 is 0.897 bits per heavy atom. The van der Waals surface area contributed by atoms with Crippen LogP contribution in [0.25, 0.3) is 22.0 Å². The molecule has 0 aliphatic rings. The van der Waals surface area contributed by atoms with Gasteiger partial charge in [0.1, 0.15) is 11.5 Å². The second-order valence-corrected chi connectivity index (χ2v) is 6.80. The van der Waals surface area contributed by atoms with E-state index in [-0.39, 0.29) is 12.4 Å². The van der Waals surface area contributed by atoms with Gasteiger partial charge in [-0.25, -0.2) is 0 Å². The summed E-state index contributed by atoms with van der Waals surface area (Å²) in [5, 5.41) is 0.821. The summed E-state index contributed by atoms with van der Waals surface area (Å²) in [5.74, 6) is 1.27. The molecule has 29 heavy (non-hydrogen) atoms. The summed E-state index contributed by atoms with van der Waals surface area (Å²) in [6.07, 6.45) is 0. The molecular weight excluding hydrogens is 362 g/mol. The molecule has 0 radical (unpaired) electrons. The number of ether oxygens (including phenoxy) is 2. The highest BCUT2D eigenvalue weighted by Gasteiger charge is 2.11. The van der Waals surface area contributed by atoms with E-state index in [1.165, 1.54) is 0 Å². The van der Waals surface area contributed by atoms with Gasteiger partial charge in [-0.3, -0.25) is 9.78 Å². The Balaban J connectivity index is 1.52. The quantitative estimate of drug-likeness (QED) is 0.414. The molecule has 0 spiro atoms. The molecule has 0 fully saturated rings. The van der Waals surface area contributed by atoms with E-state index in [1.807, 2.05) is 85.8 Å². The van der Waals surface area contributed by atoms with Gasteiger partial charge >= 0.3 is 0 Å². The van der Waals surface area contributed by atoms with Crippen LogP contribution in [-0.2, 0) is 0 Å². The van der Waals surface area contributed by atoms with Crippen LogP contribution in [0.2, 0.25) is 0 Å². The van der Waals surface area contributed by atoms with Crippen molar-refractivity contribution in [2.75, 3.05) is 13.7 Å². The molecule has 4 heteroatoms. The number of hydrogen-bond donors (Lipinski definition) is 0. The fraction of sp³-hybridized carbons (Fsp3) is 0.120. The standard InChI is InChI=1S/C25H21NO3/c1-17-14-25(22-15-21(28-2)12-13-23(22)26-17)29-16-24(27)20-10-8-19(9-11-20)18-6-4-3-5-7-18/h3-15H,16H2,1-2H3. The van der Waals surface area contributed by atoms with E-state index in [1.54, 1.807) is 7.11 Å². The smallest absolute Gasteiger partial charge is 0.200 e. The number of methoxy groups -OCH3 is 1.